The summed E-state index contributed by atoms with van der Waals surface area (Å²) in [5.74, 6) is -0.706. The van der Waals surface area contributed by atoms with E-state index in [-0.39, 0.29) is 11.8 Å². The Balaban J connectivity index is 2.83. The predicted octanol–water partition coefficient (Wildman–Crippen LogP) is 1.70. The molecule has 1 heterocycles. The Bertz CT molecular complexity index is 355. The van der Waals surface area contributed by atoms with Gasteiger partial charge in [0.2, 0.25) is 11.8 Å². The third kappa shape index (κ3) is 4.40. The summed E-state index contributed by atoms with van der Waals surface area (Å²) in [5, 5.41) is 2.50. The molecule has 1 rings (SSSR count). The van der Waals surface area contributed by atoms with Gasteiger partial charge in [0.1, 0.15) is 12.1 Å². The molecule has 2 atom stereocenters. The standard InChI is InChI=1S/C12H19F3N2O2/c1-7(2)6-9-10(18)16-8(3)11(19)17(9)5-4-12(13,14)15/h7-9H,4-6H2,1-3H3,(H,16,18). The second-order valence-electron chi connectivity index (χ2n) is 5.27. The van der Waals surface area contributed by atoms with Gasteiger partial charge >= 0.3 is 6.18 Å². The summed E-state index contributed by atoms with van der Waals surface area (Å²) in [5.41, 5.74) is 0. The zero-order chi connectivity index (χ0) is 14.8. The maximum absolute atomic E-state index is 12.3. The van der Waals surface area contributed by atoms with Crippen LogP contribution in [0.3, 0.4) is 0 Å². The number of alkyl halides is 3. The van der Waals surface area contributed by atoms with Gasteiger partial charge in [0.25, 0.3) is 0 Å². The van der Waals surface area contributed by atoms with Gasteiger partial charge in [0.15, 0.2) is 0 Å². The molecule has 0 aromatic heterocycles. The molecule has 1 saturated heterocycles. The van der Waals surface area contributed by atoms with Crippen LogP contribution in [0.25, 0.3) is 0 Å². The van der Waals surface area contributed by atoms with Gasteiger partial charge in [0.05, 0.1) is 6.42 Å². The van der Waals surface area contributed by atoms with E-state index in [0.717, 1.165) is 4.90 Å². The third-order valence-corrected chi connectivity index (χ3v) is 3.02. The number of nitrogens with zero attached hydrogens (tertiary/aromatic N) is 1. The molecule has 0 radical (unpaired) electrons. The number of rotatable bonds is 4. The van der Waals surface area contributed by atoms with E-state index in [1.54, 1.807) is 0 Å². The first-order chi connectivity index (χ1) is 8.61. The van der Waals surface area contributed by atoms with Gasteiger partial charge in [-0.15, -0.1) is 0 Å². The Morgan fingerprint density at radius 3 is 2.37 bits per heavy atom. The van der Waals surface area contributed by atoms with Crippen LogP contribution in [-0.4, -0.2) is 41.5 Å². The topological polar surface area (TPSA) is 49.4 Å². The first-order valence-corrected chi connectivity index (χ1v) is 6.29. The summed E-state index contributed by atoms with van der Waals surface area (Å²) in [6.45, 7) is 4.74. The van der Waals surface area contributed by atoms with Crippen LogP contribution in [0.1, 0.15) is 33.6 Å². The molecule has 0 aliphatic carbocycles. The lowest BCUT2D eigenvalue weighted by Crippen LogP contribution is -2.63. The Morgan fingerprint density at radius 2 is 1.89 bits per heavy atom. The second-order valence-corrected chi connectivity index (χ2v) is 5.27. The zero-order valence-corrected chi connectivity index (χ0v) is 11.3. The van der Waals surface area contributed by atoms with Crippen LogP contribution in [0, 0.1) is 5.92 Å². The van der Waals surface area contributed by atoms with Crippen molar-refractivity contribution in [1.29, 1.82) is 0 Å². The number of carbonyl (C=O) groups is 2. The second kappa shape index (κ2) is 5.79. The van der Waals surface area contributed by atoms with Crippen molar-refractivity contribution in [3.05, 3.63) is 0 Å². The van der Waals surface area contributed by atoms with Crippen LogP contribution in [-0.2, 0) is 9.59 Å². The van der Waals surface area contributed by atoms with Crippen LogP contribution in [0.2, 0.25) is 0 Å². The summed E-state index contributed by atoms with van der Waals surface area (Å²) in [7, 11) is 0. The van der Waals surface area contributed by atoms with E-state index in [0.29, 0.717) is 6.42 Å². The average molecular weight is 280 g/mol. The van der Waals surface area contributed by atoms with Crippen LogP contribution >= 0.6 is 0 Å². The van der Waals surface area contributed by atoms with Crippen molar-refractivity contribution in [1.82, 2.24) is 10.2 Å². The molecule has 1 aliphatic rings. The Morgan fingerprint density at radius 1 is 1.32 bits per heavy atom. The molecule has 0 aromatic carbocycles. The lowest BCUT2D eigenvalue weighted by atomic mass is 9.98. The maximum atomic E-state index is 12.3. The minimum absolute atomic E-state index is 0.116. The molecule has 19 heavy (non-hydrogen) atoms. The van der Waals surface area contributed by atoms with E-state index in [2.05, 4.69) is 5.32 Å². The molecule has 4 nitrogen and oxygen atoms in total. The Hall–Kier alpha value is -1.27. The summed E-state index contributed by atoms with van der Waals surface area (Å²) >= 11 is 0. The fourth-order valence-corrected chi connectivity index (χ4v) is 2.11. The van der Waals surface area contributed by atoms with Gasteiger partial charge in [0, 0.05) is 6.54 Å². The average Bonchev–Trinajstić information content (AvgIpc) is 2.23. The highest BCUT2D eigenvalue weighted by Crippen LogP contribution is 2.23. The lowest BCUT2D eigenvalue weighted by Gasteiger charge is -2.38. The van der Waals surface area contributed by atoms with Crippen molar-refractivity contribution >= 4 is 11.8 Å². The Kier molecular flexibility index (Phi) is 4.81. The van der Waals surface area contributed by atoms with Crippen molar-refractivity contribution in [2.75, 3.05) is 6.54 Å². The highest BCUT2D eigenvalue weighted by Gasteiger charge is 2.40. The highest BCUT2D eigenvalue weighted by atomic mass is 19.4. The van der Waals surface area contributed by atoms with E-state index in [1.807, 2.05) is 13.8 Å². The normalized spacial score (nSPS) is 24.9. The smallest absolute Gasteiger partial charge is 0.343 e. The third-order valence-electron chi connectivity index (χ3n) is 3.02. The molecular formula is C12H19F3N2O2. The lowest BCUT2D eigenvalue weighted by molar-refractivity contribution is -0.158. The van der Waals surface area contributed by atoms with Gasteiger partial charge in [-0.3, -0.25) is 9.59 Å². The first-order valence-electron chi connectivity index (χ1n) is 6.29. The minimum Gasteiger partial charge on any atom is -0.343 e. The maximum Gasteiger partial charge on any atom is 0.390 e. The van der Waals surface area contributed by atoms with Crippen molar-refractivity contribution in [3.63, 3.8) is 0 Å². The number of hydrogen-bond donors (Lipinski definition) is 1. The summed E-state index contributed by atoms with van der Waals surface area (Å²) in [6, 6.07) is -1.56. The first kappa shape index (κ1) is 15.8. The van der Waals surface area contributed by atoms with Gasteiger partial charge in [-0.1, -0.05) is 13.8 Å². The van der Waals surface area contributed by atoms with Crippen LogP contribution in [0.4, 0.5) is 13.2 Å². The molecule has 0 spiro atoms. The van der Waals surface area contributed by atoms with Gasteiger partial charge in [-0.05, 0) is 19.3 Å². The van der Waals surface area contributed by atoms with E-state index >= 15 is 0 Å². The van der Waals surface area contributed by atoms with Crippen LogP contribution in [0.5, 0.6) is 0 Å². The monoisotopic (exact) mass is 280 g/mol. The molecule has 1 aliphatic heterocycles. The molecular weight excluding hydrogens is 261 g/mol. The summed E-state index contributed by atoms with van der Waals surface area (Å²) in [6.07, 6.45) is -5.06. The fourth-order valence-electron chi connectivity index (χ4n) is 2.11. The van der Waals surface area contributed by atoms with Gasteiger partial charge in [-0.2, -0.15) is 13.2 Å². The molecule has 0 saturated carbocycles. The van der Waals surface area contributed by atoms with Crippen molar-refractivity contribution in [2.24, 2.45) is 5.92 Å². The highest BCUT2D eigenvalue weighted by molar-refractivity contribution is 5.96. The Labute approximate surface area is 110 Å². The molecule has 2 amide bonds. The minimum atomic E-state index is -4.33. The molecule has 2 unspecified atom stereocenters. The largest absolute Gasteiger partial charge is 0.390 e. The van der Waals surface area contributed by atoms with E-state index < -0.39 is 37.1 Å². The van der Waals surface area contributed by atoms with E-state index in [4.69, 9.17) is 0 Å². The van der Waals surface area contributed by atoms with Gasteiger partial charge in [-0.25, -0.2) is 0 Å². The zero-order valence-electron chi connectivity index (χ0n) is 11.3. The summed E-state index contributed by atoms with van der Waals surface area (Å²) < 4.78 is 36.8. The number of hydrogen-bond acceptors (Lipinski definition) is 2. The molecule has 1 N–H and O–H groups in total. The van der Waals surface area contributed by atoms with E-state index in [1.165, 1.54) is 6.92 Å². The molecule has 0 bridgehead atoms. The molecule has 1 fully saturated rings. The van der Waals surface area contributed by atoms with Crippen LogP contribution < -0.4 is 5.32 Å². The van der Waals surface area contributed by atoms with Gasteiger partial charge < -0.3 is 10.2 Å². The number of amides is 2. The quantitative estimate of drug-likeness (QED) is 0.852. The number of nitrogens with one attached hydrogen (secondary N) is 1. The van der Waals surface area contributed by atoms with Crippen molar-refractivity contribution in [3.8, 4) is 0 Å². The number of halogens is 3. The molecule has 0 aromatic rings. The number of carbonyl (C=O) groups excluding carboxylic acids is 2. The SMILES string of the molecule is CC(C)CC1C(=O)NC(C)C(=O)N1CCC(F)(F)F. The molecule has 110 valence electrons. The number of piperazine rings is 1. The predicted molar refractivity (Wildman–Crippen MR) is 63.2 cm³/mol. The van der Waals surface area contributed by atoms with Crippen molar-refractivity contribution < 1.29 is 22.8 Å². The van der Waals surface area contributed by atoms with Crippen molar-refractivity contribution in [2.45, 2.75) is 51.9 Å². The van der Waals surface area contributed by atoms with Crippen LogP contribution in [0.15, 0.2) is 0 Å². The fraction of sp³-hybridized carbons (Fsp3) is 0.833. The summed E-state index contributed by atoms with van der Waals surface area (Å²) in [4.78, 5) is 24.8. The molecule has 7 heteroatoms. The van der Waals surface area contributed by atoms with E-state index in [9.17, 15) is 22.8 Å².